The molecule has 14 nitrogen and oxygen atoms in total. The van der Waals surface area contributed by atoms with Crippen molar-refractivity contribution in [3.63, 3.8) is 0 Å². The molecule has 0 aliphatic carbocycles. The van der Waals surface area contributed by atoms with E-state index < -0.39 is 29.2 Å². The van der Waals surface area contributed by atoms with Gasteiger partial charge in [-0.15, -0.1) is 11.8 Å². The van der Waals surface area contributed by atoms with Crippen LogP contribution in [0.2, 0.25) is 0 Å². The van der Waals surface area contributed by atoms with Crippen LogP contribution in [0.1, 0.15) is 5.82 Å². The maximum atomic E-state index is 12.9. The maximum Gasteiger partial charge on any atom is 0.352 e. The summed E-state index contributed by atoms with van der Waals surface area (Å²) in [5.41, 5.74) is 6.23. The highest BCUT2D eigenvalue weighted by Gasteiger charge is 2.55. The van der Waals surface area contributed by atoms with Gasteiger partial charge in [0.15, 0.2) is 18.9 Å². The third kappa shape index (κ3) is 3.95. The van der Waals surface area contributed by atoms with Crippen molar-refractivity contribution in [3.05, 3.63) is 47.9 Å². The van der Waals surface area contributed by atoms with E-state index in [0.717, 1.165) is 5.39 Å². The van der Waals surface area contributed by atoms with Crippen LogP contribution in [-0.2, 0) is 25.8 Å². The highest BCUT2D eigenvalue weighted by molar-refractivity contribution is 8.00. The third-order valence-electron chi connectivity index (χ3n) is 5.41. The predicted octanol–water partition coefficient (Wildman–Crippen LogP) is -0.525. The molecule has 2 aliphatic heterocycles. The molecule has 5 rings (SSSR count). The number of oxime groups is 1. The van der Waals surface area contributed by atoms with Crippen LogP contribution in [0.15, 0.2) is 56.2 Å². The Bertz CT molecular complexity index is 1410. The van der Waals surface area contributed by atoms with Gasteiger partial charge >= 0.3 is 12.0 Å². The average Bonchev–Trinajstić information content (AvgIpc) is 3.48. The smallest absolute Gasteiger partial charge is 0.352 e. The Labute approximate surface area is 200 Å². The van der Waals surface area contributed by atoms with Gasteiger partial charge in [0.05, 0.1) is 11.6 Å². The molecular weight excluding hydrogens is 482 g/mol. The van der Waals surface area contributed by atoms with Crippen molar-refractivity contribution in [3.8, 4) is 0 Å². The van der Waals surface area contributed by atoms with Gasteiger partial charge in [0.1, 0.15) is 29.8 Å². The summed E-state index contributed by atoms with van der Waals surface area (Å²) in [6, 6.07) is 2.33. The largest absolute Gasteiger partial charge is 0.477 e. The fourth-order valence-corrected chi connectivity index (χ4v) is 5.23. The molecule has 35 heavy (non-hydrogen) atoms. The summed E-state index contributed by atoms with van der Waals surface area (Å²) in [4.78, 5) is 47.4. The van der Waals surface area contributed by atoms with Gasteiger partial charge in [-0.3, -0.25) is 14.5 Å². The Morgan fingerprint density at radius 1 is 1.46 bits per heavy atom. The van der Waals surface area contributed by atoms with E-state index >= 15 is 0 Å². The van der Waals surface area contributed by atoms with Crippen LogP contribution >= 0.6 is 11.8 Å². The van der Waals surface area contributed by atoms with Gasteiger partial charge in [0.25, 0.3) is 11.8 Å². The lowest BCUT2D eigenvalue weighted by Gasteiger charge is -2.49. The Kier molecular flexibility index (Phi) is 5.60. The molecule has 5 heterocycles. The summed E-state index contributed by atoms with van der Waals surface area (Å²) in [6.07, 6.45) is 5.18. The second-order valence-corrected chi connectivity index (χ2v) is 8.66. The fourth-order valence-electron chi connectivity index (χ4n) is 3.90. The van der Waals surface area contributed by atoms with Crippen LogP contribution in [0, 0.1) is 0 Å². The van der Waals surface area contributed by atoms with Crippen molar-refractivity contribution in [2.75, 3.05) is 18.6 Å². The molecule has 0 radical (unpaired) electrons. The first kappa shape index (κ1) is 22.4. The average molecular weight is 500 g/mol. The van der Waals surface area contributed by atoms with E-state index in [0.29, 0.717) is 16.9 Å². The van der Waals surface area contributed by atoms with Crippen LogP contribution < -0.4 is 15.6 Å². The fraction of sp³-hybridized carbons (Fsp3) is 0.250. The number of carbonyl (C=O) groups is 3. The van der Waals surface area contributed by atoms with Crippen LogP contribution in [-0.4, -0.2) is 67.9 Å². The minimum absolute atomic E-state index is 0.0965. The van der Waals surface area contributed by atoms with Gasteiger partial charge in [0, 0.05) is 17.4 Å². The zero-order valence-electron chi connectivity index (χ0n) is 18.1. The Balaban J connectivity index is 1.36. The second kappa shape index (κ2) is 8.75. The van der Waals surface area contributed by atoms with E-state index in [1.165, 1.54) is 23.8 Å². The molecule has 1 saturated heterocycles. The molecule has 2 aliphatic rings. The van der Waals surface area contributed by atoms with Gasteiger partial charge in [-0.25, -0.2) is 9.36 Å². The minimum Gasteiger partial charge on any atom is -0.477 e. The van der Waals surface area contributed by atoms with Gasteiger partial charge in [-0.1, -0.05) is 10.3 Å². The summed E-state index contributed by atoms with van der Waals surface area (Å²) in [6.45, 7) is 0.271. The number of nitrogens with two attached hydrogens (primary N) is 1. The Hall–Kier alpha value is -4.40. The molecule has 1 unspecified atom stereocenters. The highest BCUT2D eigenvalue weighted by atomic mass is 32.2. The molecule has 180 valence electrons. The quantitative estimate of drug-likeness (QED) is 0.164. The number of anilines is 1. The maximum absolute atomic E-state index is 12.9. The zero-order valence-corrected chi connectivity index (χ0v) is 18.9. The molecule has 0 bridgehead atoms. The number of aliphatic carboxylic acids is 1. The number of nitrogens with one attached hydrogen (secondary N) is 1. The number of hydrogen-bond acceptors (Lipinski definition) is 11. The molecule has 2 atom stereocenters. The number of carbonyl (C=O) groups excluding carboxylic acids is 2. The van der Waals surface area contributed by atoms with Crippen molar-refractivity contribution in [2.45, 2.75) is 18.0 Å². The number of furan rings is 1. The number of aromatic nitrogens is 3. The van der Waals surface area contributed by atoms with Gasteiger partial charge in [0.2, 0.25) is 11.5 Å². The lowest BCUT2D eigenvalue weighted by Crippen LogP contribution is -2.71. The van der Waals surface area contributed by atoms with Crippen molar-refractivity contribution in [2.24, 2.45) is 5.16 Å². The normalized spacial score (nSPS) is 20.0. The number of carboxylic acid groups (broad SMARTS) is 1. The molecule has 4 N–H and O–H groups in total. The monoisotopic (exact) mass is 500 g/mol. The molecule has 15 heteroatoms. The first-order valence-electron chi connectivity index (χ1n) is 10.1. The number of amides is 2. The number of carboxylic acids is 1. The number of nitrogen functional groups attached to an aromatic ring is 1. The predicted molar refractivity (Wildman–Crippen MR) is 118 cm³/mol. The lowest BCUT2D eigenvalue weighted by atomic mass is 10.0. The zero-order chi connectivity index (χ0) is 24.7. The molecule has 0 saturated carbocycles. The van der Waals surface area contributed by atoms with E-state index in [2.05, 4.69) is 30.0 Å². The van der Waals surface area contributed by atoms with Crippen LogP contribution in [0.4, 0.5) is 6.01 Å². The van der Waals surface area contributed by atoms with Crippen LogP contribution in [0.3, 0.4) is 0 Å². The summed E-state index contributed by atoms with van der Waals surface area (Å²) < 4.78 is 11.8. The summed E-state index contributed by atoms with van der Waals surface area (Å²) >= 11 is 1.34. The number of hydrogen-bond donors (Lipinski definition) is 3. The first-order valence-corrected chi connectivity index (χ1v) is 11.2. The van der Waals surface area contributed by atoms with Gasteiger partial charge in [-0.05, 0) is 6.07 Å². The van der Waals surface area contributed by atoms with Crippen molar-refractivity contribution in [1.29, 1.82) is 0 Å². The number of rotatable bonds is 7. The number of nitrogens with zero attached hydrogens (tertiary/aromatic N) is 5. The van der Waals surface area contributed by atoms with E-state index in [-0.39, 0.29) is 29.8 Å². The molecular formula is C20H18N7O7S+. The van der Waals surface area contributed by atoms with Crippen molar-refractivity contribution >= 4 is 52.2 Å². The lowest BCUT2D eigenvalue weighted by molar-refractivity contribution is -0.687. The standard InChI is InChI=1S/C20H17N7O7S/c1-32-24-12(15-23-20(21)34-25-15)16(28)22-13-17(29)27-14(19(30)31)10(8-35-18(13)27)7-26-4-2-11-9(6-26)3-5-33-11/h2-6,13,18H,7-8H2,1H3,(H3-,21,22,23,25,28,30,31)/p+1/t13?,18-/m0/s1. The number of pyridine rings is 1. The summed E-state index contributed by atoms with van der Waals surface area (Å²) in [7, 11) is 1.22. The molecule has 0 spiro atoms. The second-order valence-electron chi connectivity index (χ2n) is 7.55. The summed E-state index contributed by atoms with van der Waals surface area (Å²) in [5, 5.41) is 19.8. The molecule has 0 aromatic carbocycles. The van der Waals surface area contributed by atoms with E-state index in [1.54, 1.807) is 24.6 Å². The highest BCUT2D eigenvalue weighted by Crippen LogP contribution is 2.40. The van der Waals surface area contributed by atoms with Gasteiger partial charge < -0.3 is 29.9 Å². The molecule has 2 amide bonds. The van der Waals surface area contributed by atoms with Crippen LogP contribution in [0.25, 0.3) is 11.0 Å². The third-order valence-corrected chi connectivity index (χ3v) is 6.75. The minimum atomic E-state index is -1.22. The first-order chi connectivity index (χ1) is 16.9. The van der Waals surface area contributed by atoms with Gasteiger partial charge in [-0.2, -0.15) is 4.98 Å². The van der Waals surface area contributed by atoms with E-state index in [9.17, 15) is 19.5 Å². The van der Waals surface area contributed by atoms with E-state index in [4.69, 9.17) is 10.2 Å². The Morgan fingerprint density at radius 2 is 2.29 bits per heavy atom. The van der Waals surface area contributed by atoms with E-state index in [1.807, 2.05) is 10.8 Å². The van der Waals surface area contributed by atoms with Crippen LogP contribution in [0.5, 0.6) is 0 Å². The number of β-lactam (4-membered cyclic amide) rings is 1. The number of thioether (sulfide) groups is 1. The van der Waals surface area contributed by atoms with Crippen molar-refractivity contribution in [1.82, 2.24) is 20.4 Å². The van der Waals surface area contributed by atoms with Crippen molar-refractivity contribution < 1.29 is 37.8 Å². The summed E-state index contributed by atoms with van der Waals surface area (Å²) in [5.74, 6) is -2.47. The molecule has 1 fully saturated rings. The molecule has 3 aromatic rings. The Morgan fingerprint density at radius 3 is 3.00 bits per heavy atom. The molecule has 3 aromatic heterocycles. The topological polar surface area (TPSA) is 190 Å². The number of fused-ring (bicyclic) bond motifs is 2. The SMILES string of the molecule is CON=C(C(=O)NC1C(=O)N2C(C(=O)O)=C(C[n+]3ccc4occc4c3)CS[C@@H]12)c1noc(N)n1.